The minimum Gasteiger partial charge on any atom is -0.167 e. The molecule has 0 rings (SSSR count). The first-order valence-corrected chi connectivity index (χ1v) is 3.19. The van der Waals surface area contributed by atoms with E-state index in [9.17, 15) is 26.3 Å². The second kappa shape index (κ2) is 4.04. The Balaban J connectivity index is 4.37. The van der Waals surface area contributed by atoms with E-state index in [2.05, 4.69) is 11.6 Å². The smallest absolute Gasteiger partial charge is 0.167 e. The lowest BCUT2D eigenvalue weighted by Crippen LogP contribution is -2.06. The third-order valence-corrected chi connectivity index (χ3v) is 1.14. The van der Waals surface area contributed by atoms with Gasteiger partial charge in [0, 0.05) is 6.08 Å². The van der Waals surface area contributed by atoms with Crippen LogP contribution in [0.3, 0.4) is 0 Å². The van der Waals surface area contributed by atoms with Crippen LogP contribution in [0.25, 0.3) is 0 Å². The van der Waals surface area contributed by atoms with E-state index in [1.807, 2.05) is 0 Å². The molecule has 0 bridgehead atoms. The summed E-state index contributed by atoms with van der Waals surface area (Å²) in [5.41, 5.74) is 0. The van der Waals surface area contributed by atoms with Crippen LogP contribution < -0.4 is 0 Å². The Kier molecular flexibility index (Phi) is 3.84. The fourth-order valence-corrected chi connectivity index (χ4v) is 0.409. The maximum atomic E-state index is 11.6. The van der Waals surface area contributed by atoms with E-state index in [0.29, 0.717) is 0 Å². The van der Waals surface area contributed by atoms with E-state index in [4.69, 9.17) is 0 Å². The number of hydrogen-bond acceptors (Lipinski definition) is 0. The van der Waals surface area contributed by atoms with Crippen LogP contribution in [0.15, 0.2) is 23.3 Å². The van der Waals surface area contributed by atoms with E-state index in [-0.39, 0.29) is 18.2 Å². The molecule has 0 fully saturated rings. The zero-order valence-corrected chi connectivity index (χ0v) is 6.63. The van der Waals surface area contributed by atoms with Crippen molar-refractivity contribution < 1.29 is 26.3 Å². The molecule has 13 heavy (non-hydrogen) atoms. The average Bonchev–Trinajstić information content (AvgIpc) is 1.82. The topological polar surface area (TPSA) is 0 Å². The van der Waals surface area contributed by atoms with E-state index < -0.39 is 17.4 Å². The van der Waals surface area contributed by atoms with Crippen LogP contribution >= 0.6 is 11.6 Å². The summed E-state index contributed by atoms with van der Waals surface area (Å²) in [6.07, 6.45) is -9.47. The molecule has 0 aromatic carbocycles. The van der Waals surface area contributed by atoms with Gasteiger partial charge in [-0.15, -0.1) is 0 Å². The summed E-state index contributed by atoms with van der Waals surface area (Å²) in [5, 5.41) is -1.60. The second-order valence-corrected chi connectivity index (χ2v) is 2.32. The van der Waals surface area contributed by atoms with Crippen molar-refractivity contribution in [3.8, 4) is 0 Å². The lowest BCUT2D eigenvalue weighted by Gasteiger charge is -2.02. The number of rotatable bonds is 1. The van der Waals surface area contributed by atoms with Crippen molar-refractivity contribution in [3.05, 3.63) is 23.3 Å². The zero-order chi connectivity index (χ0) is 10.7. The Bertz CT molecular complexity index is 220. The summed E-state index contributed by atoms with van der Waals surface area (Å²) >= 11 is 4.60. The fourth-order valence-electron chi connectivity index (χ4n) is 0.336. The quantitative estimate of drug-likeness (QED) is 0.470. The van der Waals surface area contributed by atoms with Gasteiger partial charge < -0.3 is 0 Å². The second-order valence-electron chi connectivity index (χ2n) is 1.91. The van der Waals surface area contributed by atoms with Crippen LogP contribution in [0, 0.1) is 0 Å². The van der Waals surface area contributed by atoms with E-state index in [1.54, 1.807) is 0 Å². The van der Waals surface area contributed by atoms with Gasteiger partial charge >= 0.3 is 12.4 Å². The number of allylic oxidation sites excluding steroid dienone is 4. The van der Waals surface area contributed by atoms with Crippen LogP contribution in [0.1, 0.15) is 0 Å². The number of alkyl halides is 6. The van der Waals surface area contributed by atoms with E-state index in [0.717, 1.165) is 0 Å². The van der Waals surface area contributed by atoms with Crippen LogP contribution in [0.2, 0.25) is 0 Å². The molecule has 0 radical (unpaired) electrons. The van der Waals surface area contributed by atoms with Gasteiger partial charge in [0.1, 0.15) is 5.03 Å². The molecule has 0 aromatic rings. The number of hydrogen-bond donors (Lipinski definition) is 0. The standard InChI is InChI=1S/C6H3ClF6/c7-4(6(11,12)13)2-1-3-5(8,9)10/h1-3H. The molecule has 0 N–H and O–H groups in total. The van der Waals surface area contributed by atoms with Gasteiger partial charge in [-0.1, -0.05) is 17.7 Å². The fraction of sp³-hybridized carbons (Fsp3) is 0.333. The minimum absolute atomic E-state index is 0.134. The Morgan fingerprint density at radius 2 is 1.46 bits per heavy atom. The van der Waals surface area contributed by atoms with Crippen molar-refractivity contribution in [1.29, 1.82) is 0 Å². The van der Waals surface area contributed by atoms with Crippen LogP contribution in [0.5, 0.6) is 0 Å². The molecule has 0 nitrogen and oxygen atoms in total. The third kappa shape index (κ3) is 6.51. The molecule has 0 aliphatic carbocycles. The first kappa shape index (κ1) is 12.3. The number of halogens is 7. The van der Waals surface area contributed by atoms with Gasteiger partial charge in [-0.3, -0.25) is 0 Å². The molecular formula is C6H3ClF6. The molecule has 0 spiro atoms. The molecule has 76 valence electrons. The van der Waals surface area contributed by atoms with Crippen molar-refractivity contribution in [3.63, 3.8) is 0 Å². The van der Waals surface area contributed by atoms with E-state index in [1.165, 1.54) is 0 Å². The molecule has 0 saturated carbocycles. The predicted octanol–water partition coefficient (Wildman–Crippen LogP) is 3.79. The molecule has 0 unspecified atom stereocenters. The molecule has 0 amide bonds. The Morgan fingerprint density at radius 1 is 1.00 bits per heavy atom. The van der Waals surface area contributed by atoms with Crippen molar-refractivity contribution in [2.24, 2.45) is 0 Å². The Morgan fingerprint density at radius 3 is 1.77 bits per heavy atom. The molecule has 0 aromatic heterocycles. The summed E-state index contributed by atoms with van der Waals surface area (Å²) in [6.45, 7) is 0. The highest BCUT2D eigenvalue weighted by molar-refractivity contribution is 6.30. The monoisotopic (exact) mass is 224 g/mol. The SMILES string of the molecule is FC(F)(F)C=CC=C(Cl)C(F)(F)F. The van der Waals surface area contributed by atoms with Gasteiger partial charge in [0.2, 0.25) is 0 Å². The Hall–Kier alpha value is -0.650. The zero-order valence-electron chi connectivity index (χ0n) is 5.88. The molecule has 0 aliphatic rings. The molecule has 7 heteroatoms. The summed E-state index contributed by atoms with van der Waals surface area (Å²) in [7, 11) is 0. The van der Waals surface area contributed by atoms with Crippen molar-refractivity contribution in [1.82, 2.24) is 0 Å². The highest BCUT2D eigenvalue weighted by Gasteiger charge is 2.31. The maximum absolute atomic E-state index is 11.6. The van der Waals surface area contributed by atoms with Gasteiger partial charge in [-0.05, 0) is 6.08 Å². The first-order valence-electron chi connectivity index (χ1n) is 2.82. The summed E-state index contributed by atoms with van der Waals surface area (Å²) in [5.74, 6) is 0. The van der Waals surface area contributed by atoms with Gasteiger partial charge in [0.25, 0.3) is 0 Å². The largest absolute Gasteiger partial charge is 0.426 e. The van der Waals surface area contributed by atoms with Gasteiger partial charge in [0.05, 0.1) is 0 Å². The third-order valence-electron chi connectivity index (χ3n) is 0.799. The minimum atomic E-state index is -4.81. The normalized spacial score (nSPS) is 15.5. The molecule has 0 aliphatic heterocycles. The van der Waals surface area contributed by atoms with Crippen LogP contribution in [-0.2, 0) is 0 Å². The summed E-state index contributed by atoms with van der Waals surface area (Å²) in [4.78, 5) is 0. The van der Waals surface area contributed by atoms with Gasteiger partial charge in [-0.2, -0.15) is 26.3 Å². The highest BCUT2D eigenvalue weighted by Crippen LogP contribution is 2.28. The van der Waals surface area contributed by atoms with Gasteiger partial charge in [-0.25, -0.2) is 0 Å². The van der Waals surface area contributed by atoms with Crippen molar-refractivity contribution in [2.45, 2.75) is 12.4 Å². The molecule has 0 atom stereocenters. The van der Waals surface area contributed by atoms with Crippen molar-refractivity contribution in [2.75, 3.05) is 0 Å². The van der Waals surface area contributed by atoms with Gasteiger partial charge in [0.15, 0.2) is 0 Å². The molecular weight excluding hydrogens is 222 g/mol. The molecule has 0 saturated heterocycles. The first-order chi connectivity index (χ1) is 5.63. The predicted molar refractivity (Wildman–Crippen MR) is 35.2 cm³/mol. The lowest BCUT2D eigenvalue weighted by atomic mass is 10.4. The van der Waals surface area contributed by atoms with Crippen LogP contribution in [-0.4, -0.2) is 12.4 Å². The maximum Gasteiger partial charge on any atom is 0.426 e. The lowest BCUT2D eigenvalue weighted by molar-refractivity contribution is -0.0852. The summed E-state index contributed by atoms with van der Waals surface area (Å²) < 4.78 is 68.7. The molecule has 0 heterocycles. The summed E-state index contributed by atoms with van der Waals surface area (Å²) in [6, 6.07) is 0. The van der Waals surface area contributed by atoms with Crippen LogP contribution in [0.4, 0.5) is 26.3 Å². The average molecular weight is 225 g/mol. The van der Waals surface area contributed by atoms with E-state index >= 15 is 0 Å². The Labute approximate surface area is 74.5 Å². The highest BCUT2D eigenvalue weighted by atomic mass is 35.5. The van der Waals surface area contributed by atoms with Crippen molar-refractivity contribution >= 4 is 11.6 Å².